The molecule has 2 aliphatic rings. The van der Waals surface area contributed by atoms with Crippen molar-refractivity contribution in [3.63, 3.8) is 0 Å². The maximum absolute atomic E-state index is 4.16. The summed E-state index contributed by atoms with van der Waals surface area (Å²) in [6.45, 7) is 2.20. The van der Waals surface area contributed by atoms with Crippen molar-refractivity contribution in [2.24, 2.45) is 0 Å². The average Bonchev–Trinajstić information content (AvgIpc) is 2.57. The van der Waals surface area contributed by atoms with Crippen LogP contribution in [0.25, 0.3) is 0 Å². The third-order valence-electron chi connectivity index (χ3n) is 3.48. The van der Waals surface area contributed by atoms with Crippen LogP contribution in [0.15, 0.2) is 36.9 Å². The van der Waals surface area contributed by atoms with Gasteiger partial charge in [-0.1, -0.05) is 0 Å². The molecular formula is C13H15N3. The Labute approximate surface area is 95.3 Å². The molecule has 2 atom stereocenters. The summed E-state index contributed by atoms with van der Waals surface area (Å²) in [5.41, 5.74) is 2.89. The van der Waals surface area contributed by atoms with Gasteiger partial charge in [-0.25, -0.2) is 0 Å². The van der Waals surface area contributed by atoms with E-state index >= 15 is 0 Å². The van der Waals surface area contributed by atoms with Gasteiger partial charge in [0.1, 0.15) is 0 Å². The monoisotopic (exact) mass is 213 g/mol. The Balaban J connectivity index is 2.16. The molecule has 0 saturated carbocycles. The van der Waals surface area contributed by atoms with E-state index < -0.39 is 0 Å². The summed E-state index contributed by atoms with van der Waals surface area (Å²) in [6.07, 6.45) is 8.46. The van der Waals surface area contributed by atoms with Crippen LogP contribution in [0.4, 0.5) is 0 Å². The lowest BCUT2D eigenvalue weighted by molar-refractivity contribution is 0.453. The smallest absolute Gasteiger partial charge is 0.0450 e. The van der Waals surface area contributed by atoms with Crippen molar-refractivity contribution in [3.8, 4) is 0 Å². The number of nitrogens with one attached hydrogen (secondary N) is 1. The molecule has 0 spiro atoms. The Morgan fingerprint density at radius 1 is 0.875 bits per heavy atom. The van der Waals surface area contributed by atoms with Gasteiger partial charge in [-0.05, 0) is 41.5 Å². The van der Waals surface area contributed by atoms with Crippen molar-refractivity contribution in [1.29, 1.82) is 0 Å². The predicted octanol–water partition coefficient (Wildman–Crippen LogP) is 1.78. The second-order valence-electron chi connectivity index (χ2n) is 4.43. The first kappa shape index (κ1) is 9.73. The van der Waals surface area contributed by atoms with E-state index in [2.05, 4.69) is 27.4 Å². The first-order chi connectivity index (χ1) is 7.95. The van der Waals surface area contributed by atoms with Crippen LogP contribution in [-0.4, -0.2) is 23.1 Å². The van der Waals surface area contributed by atoms with Crippen LogP contribution in [0, 0.1) is 0 Å². The van der Waals surface area contributed by atoms with Gasteiger partial charge in [0.25, 0.3) is 0 Å². The topological polar surface area (TPSA) is 37.8 Å². The first-order valence-corrected chi connectivity index (χ1v) is 5.78. The number of piperidine rings is 1. The maximum Gasteiger partial charge on any atom is 0.0450 e. The largest absolute Gasteiger partial charge is 0.316 e. The molecule has 2 heterocycles. The minimum Gasteiger partial charge on any atom is -0.316 e. The van der Waals surface area contributed by atoms with Crippen molar-refractivity contribution >= 4 is 0 Å². The Kier molecular flexibility index (Phi) is 2.54. The Hall–Kier alpha value is -1.48. The van der Waals surface area contributed by atoms with Crippen LogP contribution in [0.3, 0.4) is 0 Å². The molecule has 82 valence electrons. The van der Waals surface area contributed by atoms with E-state index in [1.54, 1.807) is 12.4 Å². The fraction of sp³-hybridized carbons (Fsp3) is 0.385. The van der Waals surface area contributed by atoms with Gasteiger partial charge in [0.15, 0.2) is 0 Å². The van der Waals surface area contributed by atoms with Crippen LogP contribution in [0.5, 0.6) is 0 Å². The molecular weight excluding hydrogens is 198 g/mol. The standard InChI is InChI=1S/C13H15N3/c1-3-14-5-6-15-4-2-13-11-7-10(12(1)13)8-16-9-11/h1-6,10-11,16H,7-9H2. The van der Waals surface area contributed by atoms with E-state index in [4.69, 9.17) is 0 Å². The summed E-state index contributed by atoms with van der Waals surface area (Å²) in [6, 6.07) is 4.32. The molecule has 0 aromatic carbocycles. The summed E-state index contributed by atoms with van der Waals surface area (Å²) in [5, 5.41) is 3.49. The minimum absolute atomic E-state index is 0.660. The molecule has 16 heavy (non-hydrogen) atoms. The summed E-state index contributed by atoms with van der Waals surface area (Å²) in [7, 11) is 0. The zero-order chi connectivity index (χ0) is 10.8. The SMILES string of the molecule is c1cnccc2c(ccn1)C1CNCC2C1. The predicted molar refractivity (Wildman–Crippen MR) is 62.6 cm³/mol. The van der Waals surface area contributed by atoms with Crippen LogP contribution in [0.2, 0.25) is 0 Å². The normalized spacial score (nSPS) is 25.8. The van der Waals surface area contributed by atoms with Crippen LogP contribution < -0.4 is 5.32 Å². The maximum atomic E-state index is 4.16. The van der Waals surface area contributed by atoms with E-state index in [1.165, 1.54) is 17.5 Å². The van der Waals surface area contributed by atoms with Crippen molar-refractivity contribution in [2.45, 2.75) is 18.3 Å². The van der Waals surface area contributed by atoms with E-state index in [1.807, 2.05) is 12.4 Å². The van der Waals surface area contributed by atoms with Crippen LogP contribution in [0.1, 0.15) is 29.4 Å². The molecule has 3 rings (SSSR count). The molecule has 3 nitrogen and oxygen atoms in total. The zero-order valence-electron chi connectivity index (χ0n) is 9.13. The van der Waals surface area contributed by atoms with Crippen molar-refractivity contribution in [2.75, 3.05) is 13.1 Å². The highest BCUT2D eigenvalue weighted by Crippen LogP contribution is 2.42. The van der Waals surface area contributed by atoms with Gasteiger partial charge in [-0.3, -0.25) is 9.97 Å². The number of rotatable bonds is 0. The van der Waals surface area contributed by atoms with Gasteiger partial charge in [-0.2, -0.15) is 0 Å². The second kappa shape index (κ2) is 4.18. The lowest BCUT2D eigenvalue weighted by Gasteiger charge is -2.19. The molecule has 0 amide bonds. The van der Waals surface area contributed by atoms with E-state index in [0.717, 1.165) is 13.1 Å². The number of hydrogen-bond donors (Lipinski definition) is 1. The van der Waals surface area contributed by atoms with Gasteiger partial charge in [0.2, 0.25) is 0 Å². The summed E-state index contributed by atoms with van der Waals surface area (Å²) < 4.78 is 0. The molecule has 2 bridgehead atoms. The Bertz CT molecular complexity index is 403. The minimum atomic E-state index is 0.660. The molecule has 1 saturated heterocycles. The fourth-order valence-corrected chi connectivity index (χ4v) is 2.77. The average molecular weight is 213 g/mol. The molecule has 1 aliphatic carbocycles. The molecule has 0 radical (unpaired) electrons. The van der Waals surface area contributed by atoms with Crippen molar-refractivity contribution in [3.05, 3.63) is 48.0 Å². The molecule has 1 aromatic rings. The fourth-order valence-electron chi connectivity index (χ4n) is 2.77. The van der Waals surface area contributed by atoms with Gasteiger partial charge in [0.05, 0.1) is 0 Å². The van der Waals surface area contributed by atoms with Gasteiger partial charge < -0.3 is 5.32 Å². The third kappa shape index (κ3) is 1.67. The zero-order valence-corrected chi connectivity index (χ0v) is 9.13. The molecule has 1 fully saturated rings. The number of hydrogen-bond acceptors (Lipinski definition) is 3. The summed E-state index contributed by atoms with van der Waals surface area (Å²) >= 11 is 0. The number of aromatic nitrogens is 2. The molecule has 3 heteroatoms. The second-order valence-corrected chi connectivity index (χ2v) is 4.43. The van der Waals surface area contributed by atoms with E-state index in [9.17, 15) is 0 Å². The third-order valence-corrected chi connectivity index (χ3v) is 3.48. The highest BCUT2D eigenvalue weighted by Gasteiger charge is 2.32. The van der Waals surface area contributed by atoms with E-state index in [-0.39, 0.29) is 0 Å². The summed E-state index contributed by atoms with van der Waals surface area (Å²) in [4.78, 5) is 8.33. The highest BCUT2D eigenvalue weighted by molar-refractivity contribution is 5.37. The Morgan fingerprint density at radius 2 is 1.44 bits per heavy atom. The molecule has 1 N–H and O–H groups in total. The van der Waals surface area contributed by atoms with Crippen molar-refractivity contribution < 1.29 is 0 Å². The summed E-state index contributed by atoms with van der Waals surface area (Å²) in [5.74, 6) is 1.32. The number of nitrogens with zero attached hydrogens (tertiary/aromatic N) is 2. The van der Waals surface area contributed by atoms with Gasteiger partial charge >= 0.3 is 0 Å². The highest BCUT2D eigenvalue weighted by atomic mass is 14.9. The molecule has 2 unspecified atom stereocenters. The lowest BCUT2D eigenvalue weighted by Crippen LogP contribution is -2.28. The number of fused-ring (bicyclic) bond motifs is 5. The van der Waals surface area contributed by atoms with Gasteiger partial charge in [-0.15, -0.1) is 0 Å². The van der Waals surface area contributed by atoms with E-state index in [0.29, 0.717) is 11.8 Å². The molecule has 1 aliphatic heterocycles. The quantitative estimate of drug-likeness (QED) is 0.713. The van der Waals surface area contributed by atoms with Crippen molar-refractivity contribution in [1.82, 2.24) is 15.3 Å². The van der Waals surface area contributed by atoms with Crippen LogP contribution >= 0.6 is 0 Å². The van der Waals surface area contributed by atoms with Crippen LogP contribution in [-0.2, 0) is 0 Å². The Morgan fingerprint density at radius 3 is 2.00 bits per heavy atom. The first-order valence-electron chi connectivity index (χ1n) is 5.78. The lowest BCUT2D eigenvalue weighted by atomic mass is 9.97. The molecule has 1 aromatic heterocycles. The van der Waals surface area contributed by atoms with Gasteiger partial charge in [0, 0.05) is 37.9 Å².